The van der Waals surface area contributed by atoms with Crippen LogP contribution in [-0.4, -0.2) is 136 Å². The van der Waals surface area contributed by atoms with Crippen molar-refractivity contribution >= 4 is 47.4 Å². The summed E-state index contributed by atoms with van der Waals surface area (Å²) in [6.07, 6.45) is -3.52. The molecule has 0 fully saturated rings. The molecule has 0 radical (unpaired) electrons. The average Bonchev–Trinajstić information content (AvgIpc) is 0.754. The van der Waals surface area contributed by atoms with E-state index in [1.807, 2.05) is 179 Å². The zero-order valence-corrected chi connectivity index (χ0v) is 64.1. The number of benzene rings is 6. The molecule has 0 aliphatic carbocycles. The van der Waals surface area contributed by atoms with Crippen LogP contribution in [-0.2, 0) is 77.7 Å². The van der Waals surface area contributed by atoms with Gasteiger partial charge in [0.25, 0.3) is 0 Å². The van der Waals surface area contributed by atoms with E-state index in [1.54, 1.807) is 79.7 Å². The number of aliphatic carboxylic acids is 1. The highest BCUT2D eigenvalue weighted by Gasteiger charge is 2.43. The van der Waals surface area contributed by atoms with Crippen LogP contribution < -0.4 is 42.4 Å². The van der Waals surface area contributed by atoms with Crippen molar-refractivity contribution in [1.82, 2.24) is 36.8 Å². The molecule has 574 valence electrons. The normalized spacial score (nSPS) is 15.2. The Morgan fingerprint density at radius 2 is 1.00 bits per heavy atom. The Kier molecular flexibility index (Phi) is 33.6. The average molecular weight is 1460 g/mol. The zero-order valence-electron chi connectivity index (χ0n) is 64.1. The Morgan fingerprint density at radius 1 is 0.538 bits per heavy atom. The van der Waals surface area contributed by atoms with Crippen molar-refractivity contribution in [3.8, 4) is 5.75 Å². The molecule has 6 aromatic carbocycles. The zero-order chi connectivity index (χ0) is 77.8. The van der Waals surface area contributed by atoms with Crippen molar-refractivity contribution in [2.45, 2.75) is 220 Å². The molecule has 0 saturated heterocycles. The summed E-state index contributed by atoms with van der Waals surface area (Å²) in [5.74, 6) is -8.68. The van der Waals surface area contributed by atoms with Crippen LogP contribution in [0.15, 0.2) is 176 Å². The van der Waals surface area contributed by atoms with Crippen LogP contribution >= 0.6 is 0 Å². The van der Waals surface area contributed by atoms with Gasteiger partial charge in [-0.2, -0.15) is 0 Å². The second-order valence-corrected chi connectivity index (χ2v) is 29.5. The molecule has 0 spiro atoms. The number of rotatable bonds is 42. The fourth-order valence-corrected chi connectivity index (χ4v) is 12.4. The fourth-order valence-electron chi connectivity index (χ4n) is 12.4. The molecule has 0 aromatic heterocycles. The van der Waals surface area contributed by atoms with Crippen molar-refractivity contribution in [2.75, 3.05) is 7.05 Å². The Labute approximate surface area is 626 Å². The molecule has 0 heterocycles. The number of likely N-dealkylation sites (N-methyl/N-ethyl adjacent to an activating group) is 1. The molecular formula is C84H114N8O14. The number of carbonyl (C=O) groups is 8. The van der Waals surface area contributed by atoms with Gasteiger partial charge in [0.05, 0.1) is 19.3 Å². The number of nitrogens with two attached hydrogens (primary N) is 1. The quantitative estimate of drug-likeness (QED) is 0.00977. The largest absolute Gasteiger partial charge is 0.488 e. The van der Waals surface area contributed by atoms with Gasteiger partial charge in [-0.3, -0.25) is 38.9 Å². The number of esters is 1. The molecular weight excluding hydrogens is 1340 g/mol. The standard InChI is InChI=1S/C84H114N8O14/c1-15-55(7)72(88-76(95)66(85)46-47-70(103-51-60-32-22-17-23-33-60)104-52-61-34-24-18-25-35-61)80(99)92(14)68(50-59-42-44-65(45-43-59)106-83(11,12)13)77(96)89-73(56(8)16-2)82(102)105-58(10)74(79(98)86-67(81(100)101)48-53(3)4)90-78(97)71(87-75(94)54(5)6)57(9)49-69(93)91-84(62-36-26-19-27-37-62,63-38-28-20-29-39-63)64-40-30-21-31-41-64/h17-45,53-58,66-68,70-74,79,86,98H,15-16,46-52,85H2,1-14H3,(H,87,94)(H,88,95)(H,89,96)(H,90,97)(H,91,93)(H,100,101). The lowest BCUT2D eigenvalue weighted by Crippen LogP contribution is -2.63. The number of carbonyl (C=O) groups excluding carboxylic acids is 7. The summed E-state index contributed by atoms with van der Waals surface area (Å²) in [4.78, 5) is 118. The minimum atomic E-state index is -1.95. The molecule has 0 aliphatic rings. The highest BCUT2D eigenvalue weighted by Crippen LogP contribution is 2.37. The Balaban J connectivity index is 1.30. The minimum absolute atomic E-state index is 0.0296. The smallest absolute Gasteiger partial charge is 0.329 e. The summed E-state index contributed by atoms with van der Waals surface area (Å²) >= 11 is 0. The number of nitrogens with zero attached hydrogens (tertiary/aromatic N) is 1. The third-order valence-electron chi connectivity index (χ3n) is 19.0. The molecule has 0 aliphatic heterocycles. The maximum absolute atomic E-state index is 15.4. The predicted molar refractivity (Wildman–Crippen MR) is 409 cm³/mol. The lowest BCUT2D eigenvalue weighted by atomic mass is 9.76. The highest BCUT2D eigenvalue weighted by atomic mass is 16.7. The Bertz CT molecular complexity index is 3580. The summed E-state index contributed by atoms with van der Waals surface area (Å²) in [5, 5.41) is 40.1. The number of carboxylic acids is 1. The van der Waals surface area contributed by atoms with Gasteiger partial charge in [-0.15, -0.1) is 0 Å². The van der Waals surface area contributed by atoms with Crippen molar-refractivity contribution < 1.29 is 67.5 Å². The molecule has 10 N–H and O–H groups in total. The van der Waals surface area contributed by atoms with Gasteiger partial charge >= 0.3 is 11.9 Å². The topological polar surface area (TPSA) is 315 Å². The molecule has 6 aromatic rings. The summed E-state index contributed by atoms with van der Waals surface area (Å²) in [7, 11) is 1.45. The second-order valence-electron chi connectivity index (χ2n) is 29.5. The van der Waals surface area contributed by atoms with Crippen LogP contribution in [0.3, 0.4) is 0 Å². The van der Waals surface area contributed by atoms with E-state index in [4.69, 9.17) is 24.7 Å². The third-order valence-corrected chi connectivity index (χ3v) is 19.0. The van der Waals surface area contributed by atoms with Gasteiger partial charge in [-0.05, 0) is 110 Å². The summed E-state index contributed by atoms with van der Waals surface area (Å²) in [6.45, 7) is 23.2. The molecule has 106 heavy (non-hydrogen) atoms. The number of aliphatic hydroxyl groups is 1. The van der Waals surface area contributed by atoms with E-state index in [-0.39, 0.29) is 51.2 Å². The van der Waals surface area contributed by atoms with Crippen LogP contribution in [0.2, 0.25) is 0 Å². The first-order chi connectivity index (χ1) is 50.3. The van der Waals surface area contributed by atoms with Gasteiger partial charge in [-0.1, -0.05) is 239 Å². The van der Waals surface area contributed by atoms with E-state index in [2.05, 4.69) is 31.9 Å². The van der Waals surface area contributed by atoms with Crippen LogP contribution in [0.4, 0.5) is 0 Å². The Morgan fingerprint density at radius 3 is 1.45 bits per heavy atom. The van der Waals surface area contributed by atoms with Crippen LogP contribution in [0.25, 0.3) is 0 Å². The number of hydrogen-bond donors (Lipinski definition) is 9. The molecule has 12 atom stereocenters. The van der Waals surface area contributed by atoms with E-state index >= 15 is 19.2 Å². The van der Waals surface area contributed by atoms with Gasteiger partial charge in [0.1, 0.15) is 65.5 Å². The van der Waals surface area contributed by atoms with E-state index in [0.29, 0.717) is 24.2 Å². The minimum Gasteiger partial charge on any atom is -0.488 e. The number of hydrogen-bond acceptors (Lipinski definition) is 15. The predicted octanol–water partition coefficient (Wildman–Crippen LogP) is 10.3. The molecule has 6 amide bonds. The summed E-state index contributed by atoms with van der Waals surface area (Å²) in [6, 6.07) is 44.9. The number of ether oxygens (including phenoxy) is 4. The second kappa shape index (κ2) is 41.5. The van der Waals surface area contributed by atoms with Gasteiger partial charge in [0.15, 0.2) is 6.29 Å². The lowest BCUT2D eigenvalue weighted by Gasteiger charge is -2.38. The molecule has 6 rings (SSSR count). The number of nitrogens with one attached hydrogen (secondary N) is 6. The first-order valence-electron chi connectivity index (χ1n) is 37.0. The van der Waals surface area contributed by atoms with Crippen LogP contribution in [0.1, 0.15) is 162 Å². The monoisotopic (exact) mass is 1460 g/mol. The molecule has 22 nitrogen and oxygen atoms in total. The van der Waals surface area contributed by atoms with E-state index in [0.717, 1.165) is 27.8 Å². The summed E-state index contributed by atoms with van der Waals surface area (Å²) < 4.78 is 24.8. The highest BCUT2D eigenvalue weighted by molar-refractivity contribution is 5.95. The SMILES string of the molecule is CCC(C)C(NC(=O)C(Cc1ccc(OC(C)(C)C)cc1)N(C)C(=O)C(NC(=O)C(N)CCC(OCc1ccccc1)OCc1ccccc1)C(C)CC)C(=O)OC(C)C(NC(=O)C(NC(=O)C(C)C)C(C)CC(=O)NC(c1ccccc1)(c1ccccc1)c1ccccc1)C(O)NC(CC(C)C)C(=O)O. The van der Waals surface area contributed by atoms with Crippen LogP contribution in [0.5, 0.6) is 5.75 Å². The van der Waals surface area contributed by atoms with Crippen molar-refractivity contribution in [1.29, 1.82) is 0 Å². The van der Waals surface area contributed by atoms with Gasteiger partial charge in [0, 0.05) is 32.2 Å². The van der Waals surface area contributed by atoms with Crippen molar-refractivity contribution in [2.24, 2.45) is 35.3 Å². The molecule has 0 bridgehead atoms. The maximum atomic E-state index is 15.4. The Hall–Kier alpha value is -9.32. The summed E-state index contributed by atoms with van der Waals surface area (Å²) in [5.41, 5.74) is 9.57. The van der Waals surface area contributed by atoms with Crippen LogP contribution in [0, 0.1) is 29.6 Å². The van der Waals surface area contributed by atoms with E-state index < -0.39 is 143 Å². The van der Waals surface area contributed by atoms with E-state index in [1.165, 1.54) is 18.9 Å². The maximum Gasteiger partial charge on any atom is 0.329 e. The fraction of sp³-hybridized carbons (Fsp3) is 0.476. The molecule has 0 saturated carbocycles. The lowest BCUT2D eigenvalue weighted by molar-refractivity contribution is -0.161. The molecule has 22 heteroatoms. The van der Waals surface area contributed by atoms with E-state index in [9.17, 15) is 29.4 Å². The van der Waals surface area contributed by atoms with Gasteiger partial charge in [-0.25, -0.2) is 4.79 Å². The first-order valence-corrected chi connectivity index (χ1v) is 37.0. The van der Waals surface area contributed by atoms with Gasteiger partial charge < -0.3 is 66.4 Å². The van der Waals surface area contributed by atoms with Gasteiger partial charge in [0.2, 0.25) is 35.4 Å². The number of carboxylic acid groups (broad SMARTS) is 1. The molecule has 12 unspecified atom stereocenters. The first kappa shape index (κ1) is 85.6. The number of aliphatic hydroxyl groups excluding tert-OH is 1. The number of amides is 6. The van der Waals surface area contributed by atoms with Crippen molar-refractivity contribution in [3.63, 3.8) is 0 Å². The third kappa shape index (κ3) is 25.7. The van der Waals surface area contributed by atoms with Crippen molar-refractivity contribution in [3.05, 3.63) is 209 Å².